The predicted molar refractivity (Wildman–Crippen MR) is 84.6 cm³/mol. The molecule has 0 amide bonds. The van der Waals surface area contributed by atoms with Gasteiger partial charge in [-0.2, -0.15) is 0 Å². The number of hydrogen-bond donors (Lipinski definition) is 0. The van der Waals surface area contributed by atoms with Crippen molar-refractivity contribution in [3.8, 4) is 0 Å². The molecule has 5 heteroatoms. The molecule has 0 N–H and O–H groups in total. The van der Waals surface area contributed by atoms with Gasteiger partial charge in [-0.15, -0.1) is 0 Å². The number of rotatable bonds is 3. The van der Waals surface area contributed by atoms with Crippen LogP contribution in [0.3, 0.4) is 0 Å². The van der Waals surface area contributed by atoms with Gasteiger partial charge >= 0.3 is 0 Å². The van der Waals surface area contributed by atoms with E-state index >= 15 is 0 Å². The van der Waals surface area contributed by atoms with E-state index in [1.807, 2.05) is 13.8 Å². The summed E-state index contributed by atoms with van der Waals surface area (Å²) in [5, 5.41) is 0.142. The van der Waals surface area contributed by atoms with E-state index < -0.39 is 20.2 Å². The average Bonchev–Trinajstić information content (AvgIpc) is 2.71. The Kier molecular flexibility index (Phi) is 4.03. The van der Waals surface area contributed by atoms with Crippen LogP contribution >= 0.6 is 0 Å². The lowest BCUT2D eigenvalue weighted by Crippen LogP contribution is -2.43. The quantitative estimate of drug-likeness (QED) is 0.592. The van der Waals surface area contributed by atoms with E-state index in [9.17, 15) is 4.79 Å². The molecule has 1 heterocycles. The molecule has 4 nitrogen and oxygen atoms in total. The summed E-state index contributed by atoms with van der Waals surface area (Å²) < 4.78 is 17.9. The fraction of sp³-hybridized carbons (Fsp3) is 0.812. The minimum absolute atomic E-state index is 0.0330. The summed E-state index contributed by atoms with van der Waals surface area (Å²) in [6, 6.07) is 0. The first kappa shape index (κ1) is 16.9. The van der Waals surface area contributed by atoms with Crippen molar-refractivity contribution >= 4 is 14.1 Å². The lowest BCUT2D eigenvalue weighted by molar-refractivity contribution is -0.159. The van der Waals surface area contributed by atoms with E-state index in [-0.39, 0.29) is 22.8 Å². The summed E-state index contributed by atoms with van der Waals surface area (Å²) in [6.07, 6.45) is -0.773. The first-order valence-electron chi connectivity index (χ1n) is 7.58. The molecule has 3 atom stereocenters. The first-order chi connectivity index (χ1) is 9.36. The molecule has 0 aromatic carbocycles. The SMILES string of the molecule is C=C1C(=O)[C@@H]2OC(C)(C)O[C@@H]2[C@H]1CO[Si](C)(C)C(C)(C)C. The molecule has 0 radical (unpaired) electrons. The van der Waals surface area contributed by atoms with Gasteiger partial charge in [0.1, 0.15) is 6.10 Å². The molecule has 2 rings (SSSR count). The van der Waals surface area contributed by atoms with E-state index in [4.69, 9.17) is 13.9 Å². The van der Waals surface area contributed by atoms with E-state index in [2.05, 4.69) is 40.4 Å². The van der Waals surface area contributed by atoms with Gasteiger partial charge in [-0.05, 0) is 37.6 Å². The van der Waals surface area contributed by atoms with Crippen LogP contribution in [0.1, 0.15) is 34.6 Å². The maximum atomic E-state index is 12.3. The van der Waals surface area contributed by atoms with Crippen LogP contribution in [0.25, 0.3) is 0 Å². The average molecular weight is 312 g/mol. The third kappa shape index (κ3) is 3.02. The van der Waals surface area contributed by atoms with Gasteiger partial charge in [0.25, 0.3) is 0 Å². The van der Waals surface area contributed by atoms with E-state index in [1.165, 1.54) is 0 Å². The highest BCUT2D eigenvalue weighted by Gasteiger charge is 2.56. The van der Waals surface area contributed by atoms with Gasteiger partial charge in [-0.3, -0.25) is 4.79 Å². The number of hydrogen-bond acceptors (Lipinski definition) is 4. The number of carbonyl (C=O) groups excluding carboxylic acids is 1. The lowest BCUT2D eigenvalue weighted by Gasteiger charge is -2.37. The number of Topliss-reactive ketones (excluding diaryl/α,β-unsaturated/α-hetero) is 1. The van der Waals surface area contributed by atoms with E-state index in [0.717, 1.165) is 0 Å². The third-order valence-electron chi connectivity index (χ3n) is 4.98. The van der Waals surface area contributed by atoms with Gasteiger partial charge < -0.3 is 13.9 Å². The molecule has 0 aromatic heterocycles. The zero-order valence-electron chi connectivity index (χ0n) is 14.3. The Labute approximate surface area is 129 Å². The van der Waals surface area contributed by atoms with Crippen molar-refractivity contribution < 1.29 is 18.7 Å². The minimum Gasteiger partial charge on any atom is -0.416 e. The third-order valence-corrected chi connectivity index (χ3v) is 9.48. The summed E-state index contributed by atoms with van der Waals surface area (Å²) in [6.45, 7) is 19.1. The molecule has 1 saturated carbocycles. The highest BCUT2D eigenvalue weighted by molar-refractivity contribution is 6.74. The van der Waals surface area contributed by atoms with Crippen molar-refractivity contribution in [2.45, 2.75) is 70.7 Å². The van der Waals surface area contributed by atoms with Crippen molar-refractivity contribution in [3.05, 3.63) is 12.2 Å². The highest BCUT2D eigenvalue weighted by Crippen LogP contribution is 2.43. The summed E-state index contributed by atoms with van der Waals surface area (Å²) in [4.78, 5) is 12.3. The Bertz CT molecular complexity index is 461. The second-order valence-corrected chi connectivity index (χ2v) is 12.9. The van der Waals surface area contributed by atoms with E-state index in [0.29, 0.717) is 12.2 Å². The summed E-state index contributed by atoms with van der Waals surface area (Å²) in [5.74, 6) is -0.839. The fourth-order valence-corrected chi connectivity index (χ4v) is 3.59. The topological polar surface area (TPSA) is 44.8 Å². The Balaban J connectivity index is 2.10. The number of fused-ring (bicyclic) bond motifs is 1. The maximum Gasteiger partial charge on any atom is 0.192 e. The van der Waals surface area contributed by atoms with Crippen LogP contribution in [0.5, 0.6) is 0 Å². The molecule has 0 aromatic rings. The molecule has 21 heavy (non-hydrogen) atoms. The Morgan fingerprint density at radius 1 is 1.29 bits per heavy atom. The van der Waals surface area contributed by atoms with E-state index in [1.54, 1.807) is 0 Å². The Hall–Kier alpha value is -0.493. The van der Waals surface area contributed by atoms with Crippen molar-refractivity contribution in [2.75, 3.05) is 6.61 Å². The number of carbonyl (C=O) groups is 1. The van der Waals surface area contributed by atoms with Gasteiger partial charge in [0, 0.05) is 12.5 Å². The van der Waals surface area contributed by atoms with Gasteiger partial charge in [0.05, 0.1) is 0 Å². The molecular formula is C16H28O4Si. The lowest BCUT2D eigenvalue weighted by atomic mass is 10.0. The molecule has 0 bridgehead atoms. The van der Waals surface area contributed by atoms with Crippen molar-refractivity contribution in [1.82, 2.24) is 0 Å². The van der Waals surface area contributed by atoms with Crippen molar-refractivity contribution in [3.63, 3.8) is 0 Å². The number of ketones is 1. The molecule has 2 aliphatic rings. The van der Waals surface area contributed by atoms with Crippen LogP contribution in [0.15, 0.2) is 12.2 Å². The second-order valence-electron chi connectivity index (χ2n) is 8.09. The van der Waals surface area contributed by atoms with Crippen LogP contribution in [0.4, 0.5) is 0 Å². The number of ether oxygens (including phenoxy) is 2. The molecule has 0 unspecified atom stereocenters. The zero-order valence-corrected chi connectivity index (χ0v) is 15.3. The van der Waals surface area contributed by atoms with Crippen molar-refractivity contribution in [1.29, 1.82) is 0 Å². The summed E-state index contributed by atoms with van der Waals surface area (Å²) >= 11 is 0. The van der Waals surface area contributed by atoms with Gasteiger partial charge in [-0.25, -0.2) is 0 Å². The van der Waals surface area contributed by atoms with Crippen LogP contribution in [0.2, 0.25) is 18.1 Å². The van der Waals surface area contributed by atoms with Crippen LogP contribution in [0, 0.1) is 5.92 Å². The molecule has 1 saturated heterocycles. The molecule has 1 aliphatic carbocycles. The zero-order chi connectivity index (χ0) is 16.2. The predicted octanol–water partition coefficient (Wildman–Crippen LogP) is 3.28. The molecule has 0 spiro atoms. The molecule has 120 valence electrons. The van der Waals surface area contributed by atoms with Crippen LogP contribution in [-0.2, 0) is 18.7 Å². The normalized spacial score (nSPS) is 32.6. The van der Waals surface area contributed by atoms with Gasteiger partial charge in [-0.1, -0.05) is 27.4 Å². The highest BCUT2D eigenvalue weighted by atomic mass is 28.4. The Morgan fingerprint density at radius 3 is 2.38 bits per heavy atom. The molecule has 2 fully saturated rings. The minimum atomic E-state index is -1.85. The van der Waals surface area contributed by atoms with Gasteiger partial charge in [0.15, 0.2) is 26.0 Å². The Morgan fingerprint density at radius 2 is 1.86 bits per heavy atom. The van der Waals surface area contributed by atoms with Crippen molar-refractivity contribution in [2.24, 2.45) is 5.92 Å². The monoisotopic (exact) mass is 312 g/mol. The standard InChI is InChI=1S/C16H28O4Si/c1-10-11(9-18-21(7,8)15(2,3)4)13-14(12(10)17)20-16(5,6)19-13/h11,13-14H,1,9H2,2-8H3/t11-,13+,14-/m0/s1. The van der Waals surface area contributed by atoms with Crippen LogP contribution < -0.4 is 0 Å². The summed E-state index contributed by atoms with van der Waals surface area (Å²) in [5.41, 5.74) is 0.583. The fourth-order valence-electron chi connectivity index (χ4n) is 2.56. The smallest absolute Gasteiger partial charge is 0.192 e. The second kappa shape index (κ2) is 5.01. The summed E-state index contributed by atoms with van der Waals surface area (Å²) in [7, 11) is -1.85. The molecule has 1 aliphatic heterocycles. The largest absolute Gasteiger partial charge is 0.416 e. The maximum absolute atomic E-state index is 12.3. The van der Waals surface area contributed by atoms with Crippen LogP contribution in [-0.4, -0.2) is 38.7 Å². The molecular weight excluding hydrogens is 284 g/mol. The first-order valence-corrected chi connectivity index (χ1v) is 10.5. The van der Waals surface area contributed by atoms with Gasteiger partial charge in [0.2, 0.25) is 0 Å².